The summed E-state index contributed by atoms with van der Waals surface area (Å²) in [6, 6.07) is 0. The molecule has 0 spiro atoms. The molecule has 0 heterocycles. The number of carbonyl (C=O) groups excluding carboxylic acids is 1. The van der Waals surface area contributed by atoms with Gasteiger partial charge in [-0.1, -0.05) is 32.6 Å². The molecule has 0 amide bonds. The van der Waals surface area contributed by atoms with Crippen LogP contribution in [-0.4, -0.2) is 18.0 Å². The molecular formula is C22H38O2. The lowest BCUT2D eigenvalue weighted by molar-refractivity contribution is -0.162. The highest BCUT2D eigenvalue weighted by Gasteiger charge is 2.51. The van der Waals surface area contributed by atoms with Crippen molar-refractivity contribution in [1.82, 2.24) is 0 Å². The minimum atomic E-state index is 0.268. The van der Waals surface area contributed by atoms with Gasteiger partial charge in [0.15, 0.2) is 0 Å². The summed E-state index contributed by atoms with van der Waals surface area (Å²) in [6.45, 7) is 3.14. The molecule has 0 aromatic heterocycles. The van der Waals surface area contributed by atoms with Crippen molar-refractivity contribution in [3.8, 4) is 0 Å². The molecule has 138 valence electrons. The topological polar surface area (TPSA) is 26.3 Å². The molecule has 0 saturated heterocycles. The minimum absolute atomic E-state index is 0.268. The molecule has 4 rings (SSSR count). The smallest absolute Gasteiger partial charge is 0.132 e. The van der Waals surface area contributed by atoms with Crippen LogP contribution in [0.1, 0.15) is 103 Å². The fourth-order valence-electron chi connectivity index (χ4n) is 5.97. The highest BCUT2D eigenvalue weighted by molar-refractivity contribution is 5.78. The van der Waals surface area contributed by atoms with Gasteiger partial charge in [0.25, 0.3) is 0 Å². The maximum atomic E-state index is 11.8. The van der Waals surface area contributed by atoms with E-state index < -0.39 is 0 Å². The Kier molecular flexibility index (Phi) is 6.78. The molecule has 4 aliphatic rings. The molecule has 24 heavy (non-hydrogen) atoms. The first kappa shape index (κ1) is 18.4. The Balaban J connectivity index is 1.23. The second-order valence-corrected chi connectivity index (χ2v) is 9.11. The van der Waals surface area contributed by atoms with Crippen molar-refractivity contribution in [2.75, 3.05) is 6.61 Å². The Labute approximate surface area is 149 Å². The molecule has 0 aliphatic heterocycles. The normalized spacial score (nSPS) is 34.0. The SMILES string of the molecule is CCCCCCC(=O)CCCCCOC12CC3CC(CC(C3)C1)C2. The van der Waals surface area contributed by atoms with Gasteiger partial charge in [-0.15, -0.1) is 0 Å². The maximum Gasteiger partial charge on any atom is 0.132 e. The molecule has 4 aliphatic carbocycles. The number of hydrogen-bond acceptors (Lipinski definition) is 2. The fraction of sp³-hybridized carbons (Fsp3) is 0.955. The van der Waals surface area contributed by atoms with Crippen LogP contribution in [0.25, 0.3) is 0 Å². The van der Waals surface area contributed by atoms with Crippen LogP contribution in [0.5, 0.6) is 0 Å². The monoisotopic (exact) mass is 334 g/mol. The van der Waals surface area contributed by atoms with Crippen molar-refractivity contribution in [1.29, 1.82) is 0 Å². The van der Waals surface area contributed by atoms with E-state index in [0.717, 1.165) is 62.9 Å². The summed E-state index contributed by atoms with van der Waals surface area (Å²) in [6.07, 6.45) is 18.3. The summed E-state index contributed by atoms with van der Waals surface area (Å²) in [7, 11) is 0. The summed E-state index contributed by atoms with van der Waals surface area (Å²) in [5, 5.41) is 0. The van der Waals surface area contributed by atoms with Crippen LogP contribution < -0.4 is 0 Å². The molecule has 0 atom stereocenters. The lowest BCUT2D eigenvalue weighted by Crippen LogP contribution is -2.52. The maximum absolute atomic E-state index is 11.8. The van der Waals surface area contributed by atoms with Gasteiger partial charge in [-0.2, -0.15) is 0 Å². The van der Waals surface area contributed by atoms with Gasteiger partial charge in [-0.3, -0.25) is 4.79 Å². The third kappa shape index (κ3) is 5.07. The van der Waals surface area contributed by atoms with Crippen molar-refractivity contribution in [2.45, 2.75) is 109 Å². The van der Waals surface area contributed by atoms with Gasteiger partial charge in [0.05, 0.1) is 5.60 Å². The van der Waals surface area contributed by atoms with Gasteiger partial charge >= 0.3 is 0 Å². The lowest BCUT2D eigenvalue weighted by atomic mass is 9.54. The van der Waals surface area contributed by atoms with Gasteiger partial charge in [0.2, 0.25) is 0 Å². The van der Waals surface area contributed by atoms with Crippen LogP contribution in [0.15, 0.2) is 0 Å². The molecule has 4 saturated carbocycles. The summed E-state index contributed by atoms with van der Waals surface area (Å²) < 4.78 is 6.46. The number of ether oxygens (including phenoxy) is 1. The predicted molar refractivity (Wildman–Crippen MR) is 99.1 cm³/mol. The Morgan fingerprint density at radius 2 is 1.38 bits per heavy atom. The van der Waals surface area contributed by atoms with Gasteiger partial charge in [-0.25, -0.2) is 0 Å². The van der Waals surface area contributed by atoms with E-state index in [0.29, 0.717) is 5.78 Å². The molecule has 0 aromatic carbocycles. The van der Waals surface area contributed by atoms with E-state index in [4.69, 9.17) is 4.74 Å². The van der Waals surface area contributed by atoms with E-state index in [1.807, 2.05) is 0 Å². The van der Waals surface area contributed by atoms with E-state index in [9.17, 15) is 4.79 Å². The highest BCUT2D eigenvalue weighted by Crippen LogP contribution is 2.57. The Hall–Kier alpha value is -0.370. The Bertz CT molecular complexity index is 365. The van der Waals surface area contributed by atoms with E-state index in [1.165, 1.54) is 57.8 Å². The van der Waals surface area contributed by atoms with E-state index in [2.05, 4.69) is 6.92 Å². The molecule has 0 N–H and O–H groups in total. The second kappa shape index (κ2) is 8.83. The first-order chi connectivity index (χ1) is 11.7. The number of ketones is 1. The zero-order valence-corrected chi connectivity index (χ0v) is 15.9. The van der Waals surface area contributed by atoms with Crippen molar-refractivity contribution in [3.05, 3.63) is 0 Å². The zero-order valence-electron chi connectivity index (χ0n) is 15.9. The lowest BCUT2D eigenvalue weighted by Gasteiger charge is -2.56. The van der Waals surface area contributed by atoms with E-state index in [-0.39, 0.29) is 5.60 Å². The van der Waals surface area contributed by atoms with Crippen LogP contribution >= 0.6 is 0 Å². The number of hydrogen-bond donors (Lipinski definition) is 0. The third-order valence-corrected chi connectivity index (χ3v) is 6.80. The number of rotatable bonds is 12. The van der Waals surface area contributed by atoms with Crippen molar-refractivity contribution in [2.24, 2.45) is 17.8 Å². The molecule has 2 nitrogen and oxygen atoms in total. The van der Waals surface area contributed by atoms with Crippen molar-refractivity contribution < 1.29 is 9.53 Å². The van der Waals surface area contributed by atoms with Crippen LogP contribution in [-0.2, 0) is 9.53 Å². The van der Waals surface area contributed by atoms with Crippen LogP contribution in [0.2, 0.25) is 0 Å². The third-order valence-electron chi connectivity index (χ3n) is 6.80. The van der Waals surface area contributed by atoms with Crippen LogP contribution in [0.3, 0.4) is 0 Å². The highest BCUT2D eigenvalue weighted by atomic mass is 16.5. The summed E-state index contributed by atoms with van der Waals surface area (Å²) in [5.74, 6) is 3.40. The quantitative estimate of drug-likeness (QED) is 0.405. The fourth-order valence-corrected chi connectivity index (χ4v) is 5.97. The Morgan fingerprint density at radius 3 is 1.92 bits per heavy atom. The van der Waals surface area contributed by atoms with E-state index in [1.54, 1.807) is 0 Å². The average molecular weight is 335 g/mol. The molecule has 4 bridgehead atoms. The number of unbranched alkanes of at least 4 members (excludes halogenated alkanes) is 5. The van der Waals surface area contributed by atoms with Gasteiger partial charge in [0, 0.05) is 19.4 Å². The summed E-state index contributed by atoms with van der Waals surface area (Å²) >= 11 is 0. The molecule has 4 fully saturated rings. The first-order valence-electron chi connectivity index (χ1n) is 10.8. The number of carbonyl (C=O) groups is 1. The molecular weight excluding hydrogens is 296 g/mol. The van der Waals surface area contributed by atoms with Gasteiger partial charge < -0.3 is 4.74 Å². The molecule has 2 heteroatoms. The largest absolute Gasteiger partial charge is 0.375 e. The average Bonchev–Trinajstić information content (AvgIpc) is 2.53. The second-order valence-electron chi connectivity index (χ2n) is 9.11. The summed E-state index contributed by atoms with van der Waals surface area (Å²) in [5.41, 5.74) is 0.268. The molecule has 0 radical (unpaired) electrons. The minimum Gasteiger partial charge on any atom is -0.375 e. The van der Waals surface area contributed by atoms with Gasteiger partial charge in [0.1, 0.15) is 5.78 Å². The van der Waals surface area contributed by atoms with Gasteiger partial charge in [-0.05, 0) is 75.5 Å². The zero-order chi connectivity index (χ0) is 16.8. The summed E-state index contributed by atoms with van der Waals surface area (Å²) in [4.78, 5) is 11.8. The molecule has 0 unspecified atom stereocenters. The van der Waals surface area contributed by atoms with E-state index >= 15 is 0 Å². The molecule has 0 aromatic rings. The first-order valence-corrected chi connectivity index (χ1v) is 10.8. The standard InChI is InChI=1S/C22H38O2/c1-2-3-4-6-9-21(23)10-7-5-8-11-24-22-15-18-12-19(16-22)14-20(13-18)17-22/h18-20H,2-17H2,1H3. The van der Waals surface area contributed by atoms with Crippen molar-refractivity contribution >= 4 is 5.78 Å². The number of Topliss-reactive ketones (excluding diaryl/α,β-unsaturated/α-hetero) is 1. The Morgan fingerprint density at radius 1 is 0.833 bits per heavy atom. The predicted octanol–water partition coefficient (Wildman–Crippen LogP) is 6.07. The van der Waals surface area contributed by atoms with Crippen molar-refractivity contribution in [3.63, 3.8) is 0 Å². The van der Waals surface area contributed by atoms with Crippen LogP contribution in [0.4, 0.5) is 0 Å². The van der Waals surface area contributed by atoms with Crippen LogP contribution in [0, 0.1) is 17.8 Å².